The minimum Gasteiger partial charge on any atom is -0.446 e. The lowest BCUT2D eigenvalue weighted by atomic mass is 10.1. The van der Waals surface area contributed by atoms with Crippen molar-refractivity contribution >= 4 is 0 Å². The molecule has 0 aliphatic heterocycles. The lowest BCUT2D eigenvalue weighted by Gasteiger charge is -1.97. The predicted octanol–water partition coefficient (Wildman–Crippen LogP) is 2.03. The van der Waals surface area contributed by atoms with Crippen molar-refractivity contribution < 1.29 is 9.52 Å². The molecule has 0 amide bonds. The number of hydrogen-bond donors (Lipinski definition) is 1. The maximum atomic E-state index is 8.64. The van der Waals surface area contributed by atoms with Gasteiger partial charge in [0.2, 0.25) is 0 Å². The minimum absolute atomic E-state index is 0.193. The van der Waals surface area contributed by atoms with Crippen molar-refractivity contribution in [3.63, 3.8) is 0 Å². The van der Waals surface area contributed by atoms with Gasteiger partial charge >= 0.3 is 0 Å². The molecule has 0 spiro atoms. The largest absolute Gasteiger partial charge is 0.446 e. The van der Waals surface area contributed by atoms with E-state index >= 15 is 0 Å². The van der Waals surface area contributed by atoms with Crippen LogP contribution in [0.25, 0.3) is 0 Å². The molecule has 3 nitrogen and oxygen atoms in total. The normalized spacial score (nSPS) is 11.2. The zero-order valence-electron chi connectivity index (χ0n) is 8.50. The summed E-state index contributed by atoms with van der Waals surface area (Å²) in [5.74, 6) is 2.06. The Morgan fingerprint density at radius 3 is 2.62 bits per heavy atom. The zero-order chi connectivity index (χ0) is 9.84. The van der Waals surface area contributed by atoms with E-state index in [1.165, 1.54) is 0 Å². The Balaban J connectivity index is 2.71. The van der Waals surface area contributed by atoms with Gasteiger partial charge in [-0.1, -0.05) is 13.8 Å². The van der Waals surface area contributed by atoms with Crippen LogP contribution in [0.15, 0.2) is 4.42 Å². The number of aliphatic hydroxyl groups excluding tert-OH is 1. The van der Waals surface area contributed by atoms with Crippen LogP contribution in [0.3, 0.4) is 0 Å². The topological polar surface area (TPSA) is 46.3 Å². The molecule has 3 heteroatoms. The maximum Gasteiger partial charge on any atom is 0.194 e. The summed E-state index contributed by atoms with van der Waals surface area (Å²) in [6.45, 7) is 6.32. The van der Waals surface area contributed by atoms with Crippen molar-refractivity contribution in [3.8, 4) is 0 Å². The minimum atomic E-state index is 0.193. The van der Waals surface area contributed by atoms with Crippen LogP contribution in [0.2, 0.25) is 0 Å². The lowest BCUT2D eigenvalue weighted by Crippen LogP contribution is -1.92. The van der Waals surface area contributed by atoms with Crippen LogP contribution in [0.5, 0.6) is 0 Å². The molecule has 1 aromatic heterocycles. The van der Waals surface area contributed by atoms with Gasteiger partial charge in [0.15, 0.2) is 5.89 Å². The molecule has 0 aliphatic carbocycles. The van der Waals surface area contributed by atoms with E-state index in [4.69, 9.17) is 9.52 Å². The maximum absolute atomic E-state index is 8.64. The van der Waals surface area contributed by atoms with E-state index in [0.717, 1.165) is 30.2 Å². The molecule has 0 aromatic carbocycles. The fourth-order valence-corrected chi connectivity index (χ4v) is 1.34. The molecule has 13 heavy (non-hydrogen) atoms. The number of aryl methyl sites for hydroxylation is 2. The van der Waals surface area contributed by atoms with Gasteiger partial charge in [-0.05, 0) is 19.3 Å². The second-order valence-electron chi connectivity index (χ2n) is 3.53. The molecule has 0 atom stereocenters. The molecule has 74 valence electrons. The van der Waals surface area contributed by atoms with Crippen molar-refractivity contribution in [3.05, 3.63) is 17.3 Å². The summed E-state index contributed by atoms with van der Waals surface area (Å²) in [6.07, 6.45) is 1.45. The van der Waals surface area contributed by atoms with E-state index in [1.807, 2.05) is 6.92 Å². The Hall–Kier alpha value is -0.830. The van der Waals surface area contributed by atoms with Crippen LogP contribution in [-0.4, -0.2) is 16.7 Å². The first-order valence-electron chi connectivity index (χ1n) is 4.72. The highest BCUT2D eigenvalue weighted by Gasteiger charge is 2.11. The van der Waals surface area contributed by atoms with Gasteiger partial charge in [-0.2, -0.15) is 0 Å². The molecule has 1 aromatic rings. The van der Waals surface area contributed by atoms with Gasteiger partial charge in [0.1, 0.15) is 5.76 Å². The van der Waals surface area contributed by atoms with Crippen LogP contribution in [-0.2, 0) is 6.42 Å². The van der Waals surface area contributed by atoms with Gasteiger partial charge in [0.25, 0.3) is 0 Å². The van der Waals surface area contributed by atoms with Crippen molar-refractivity contribution in [1.29, 1.82) is 0 Å². The monoisotopic (exact) mass is 183 g/mol. The fourth-order valence-electron chi connectivity index (χ4n) is 1.34. The standard InChI is InChI=1S/C10H17NO2/c1-7(2)10-8(3)13-9(11-10)5-4-6-12/h7,12H,4-6H2,1-3H3. The van der Waals surface area contributed by atoms with Gasteiger partial charge in [0.05, 0.1) is 5.69 Å². The van der Waals surface area contributed by atoms with Crippen molar-refractivity contribution in [2.45, 2.75) is 39.5 Å². The van der Waals surface area contributed by atoms with Gasteiger partial charge in [-0.25, -0.2) is 4.98 Å². The van der Waals surface area contributed by atoms with Gasteiger partial charge < -0.3 is 9.52 Å². The summed E-state index contributed by atoms with van der Waals surface area (Å²) in [5, 5.41) is 8.64. The summed E-state index contributed by atoms with van der Waals surface area (Å²) in [6, 6.07) is 0. The van der Waals surface area contributed by atoms with E-state index in [-0.39, 0.29) is 6.61 Å². The molecular formula is C10H17NO2. The SMILES string of the molecule is Cc1oc(CCCO)nc1C(C)C. The average molecular weight is 183 g/mol. The molecule has 0 aliphatic rings. The molecule has 1 N–H and O–H groups in total. The number of oxazole rings is 1. The van der Waals surface area contributed by atoms with Gasteiger partial charge in [-0.3, -0.25) is 0 Å². The predicted molar refractivity (Wildman–Crippen MR) is 50.7 cm³/mol. The molecule has 0 bridgehead atoms. The fraction of sp³-hybridized carbons (Fsp3) is 0.700. The van der Waals surface area contributed by atoms with Gasteiger partial charge in [0, 0.05) is 13.0 Å². The summed E-state index contributed by atoms with van der Waals surface area (Å²) in [4.78, 5) is 4.37. The number of aromatic nitrogens is 1. The molecule has 0 saturated carbocycles. The molecule has 1 heterocycles. The first-order chi connectivity index (χ1) is 6.15. The summed E-state index contributed by atoms with van der Waals surface area (Å²) in [7, 11) is 0. The first-order valence-corrected chi connectivity index (χ1v) is 4.72. The van der Waals surface area contributed by atoms with E-state index in [2.05, 4.69) is 18.8 Å². The highest BCUT2D eigenvalue weighted by Crippen LogP contribution is 2.19. The quantitative estimate of drug-likeness (QED) is 0.776. The Bertz CT molecular complexity index is 266. The number of aliphatic hydroxyl groups is 1. The third-order valence-electron chi connectivity index (χ3n) is 1.97. The Labute approximate surface area is 78.8 Å². The summed E-state index contributed by atoms with van der Waals surface area (Å²) < 4.78 is 5.46. The van der Waals surface area contributed by atoms with Crippen LogP contribution in [0.4, 0.5) is 0 Å². The van der Waals surface area contributed by atoms with Gasteiger partial charge in [-0.15, -0.1) is 0 Å². The van der Waals surface area contributed by atoms with Crippen molar-refractivity contribution in [1.82, 2.24) is 4.98 Å². The first kappa shape index (κ1) is 10.3. The van der Waals surface area contributed by atoms with E-state index < -0.39 is 0 Å². The Morgan fingerprint density at radius 2 is 2.15 bits per heavy atom. The van der Waals surface area contributed by atoms with Crippen LogP contribution >= 0.6 is 0 Å². The van der Waals surface area contributed by atoms with Crippen LogP contribution in [0.1, 0.15) is 43.5 Å². The van der Waals surface area contributed by atoms with Crippen molar-refractivity contribution in [2.24, 2.45) is 0 Å². The Morgan fingerprint density at radius 1 is 1.46 bits per heavy atom. The van der Waals surface area contributed by atoms with Crippen LogP contribution < -0.4 is 0 Å². The van der Waals surface area contributed by atoms with E-state index in [0.29, 0.717) is 5.92 Å². The van der Waals surface area contributed by atoms with E-state index in [9.17, 15) is 0 Å². The van der Waals surface area contributed by atoms with E-state index in [1.54, 1.807) is 0 Å². The second-order valence-corrected chi connectivity index (χ2v) is 3.53. The average Bonchev–Trinajstić information content (AvgIpc) is 2.43. The molecule has 0 unspecified atom stereocenters. The number of hydrogen-bond acceptors (Lipinski definition) is 3. The molecule has 0 fully saturated rings. The number of rotatable bonds is 4. The smallest absolute Gasteiger partial charge is 0.194 e. The summed E-state index contributed by atoms with van der Waals surface area (Å²) >= 11 is 0. The molecule has 0 saturated heterocycles. The molecule has 0 radical (unpaired) electrons. The highest BCUT2D eigenvalue weighted by atomic mass is 16.4. The third-order valence-corrected chi connectivity index (χ3v) is 1.97. The molecule has 1 rings (SSSR count). The second kappa shape index (κ2) is 4.42. The highest BCUT2D eigenvalue weighted by molar-refractivity contribution is 5.12. The zero-order valence-corrected chi connectivity index (χ0v) is 8.50. The third kappa shape index (κ3) is 2.56. The summed E-state index contributed by atoms with van der Waals surface area (Å²) in [5.41, 5.74) is 1.04. The Kier molecular flexibility index (Phi) is 3.48. The molecular weight excluding hydrogens is 166 g/mol. The van der Waals surface area contributed by atoms with Crippen LogP contribution in [0, 0.1) is 6.92 Å². The van der Waals surface area contributed by atoms with Crippen molar-refractivity contribution in [2.75, 3.05) is 6.61 Å². The lowest BCUT2D eigenvalue weighted by molar-refractivity contribution is 0.282. The number of nitrogens with zero attached hydrogens (tertiary/aromatic N) is 1.